The number of nitrogens with one attached hydrogen (secondary N) is 2. The zero-order valence-electron chi connectivity index (χ0n) is 40.5. The topological polar surface area (TPSA) is 287 Å². The molecule has 4 heterocycles. The van der Waals surface area contributed by atoms with Gasteiger partial charge in [-0.15, -0.1) is 0 Å². The third kappa shape index (κ3) is 15.4. The van der Waals surface area contributed by atoms with Crippen LogP contribution in [0, 0.1) is 11.6 Å². The van der Waals surface area contributed by atoms with Crippen LogP contribution in [0.4, 0.5) is 20.4 Å². The van der Waals surface area contributed by atoms with E-state index < -0.39 is 61.9 Å². The van der Waals surface area contributed by atoms with Gasteiger partial charge in [-0.2, -0.15) is 0 Å². The molecule has 0 saturated heterocycles. The second-order valence-corrected chi connectivity index (χ2v) is 21.7. The number of nitrogens with two attached hydrogens (primary N) is 2. The predicted octanol–water partition coefficient (Wildman–Crippen LogP) is 7.00. The number of fused-ring (bicyclic) bond motifs is 2. The van der Waals surface area contributed by atoms with Crippen molar-refractivity contribution in [3.8, 4) is 11.5 Å². The molecule has 0 amide bonds. The van der Waals surface area contributed by atoms with Crippen LogP contribution in [0.2, 0.25) is 0 Å². The Morgan fingerprint density at radius 3 is 1.27 bits per heavy atom. The maximum Gasteiger partial charge on any atom is 0.342 e. The van der Waals surface area contributed by atoms with Crippen LogP contribution in [-0.4, -0.2) is 99.2 Å². The fourth-order valence-corrected chi connectivity index (χ4v) is 10.4. The standard InChI is InChI=1S/2C22H30FN6O5P/c2*1-14(2)33-21(30)22(4,5)28-35(31,34-17-8-6-16(23)7-9-17)13-32-15(3)10-29-12-27-18-19(24)25-11-26-20(18)29/h2*6-9,11-12,14-15H,10,13H2,1-5H3,(H,28,31)(H2,24,25,26)/t15-,35?;15-,35+/m11/s1. The number of carbonyl (C=O) groups is 2. The number of rotatable bonds is 22. The summed E-state index contributed by atoms with van der Waals surface area (Å²) in [5.74, 6) is -1.32. The number of hydrogen-bond acceptors (Lipinski definition) is 18. The lowest BCUT2D eigenvalue weighted by Crippen LogP contribution is -2.48. The number of imidazole rings is 2. The summed E-state index contributed by atoms with van der Waals surface area (Å²) in [5, 5.41) is 5.55. The summed E-state index contributed by atoms with van der Waals surface area (Å²) in [6, 6.07) is 10.1. The number of benzene rings is 2. The van der Waals surface area contributed by atoms with Gasteiger partial charge in [0.15, 0.2) is 22.9 Å². The maximum atomic E-state index is 13.8. The van der Waals surface area contributed by atoms with Gasteiger partial charge in [0.25, 0.3) is 0 Å². The van der Waals surface area contributed by atoms with Crippen molar-refractivity contribution in [1.82, 2.24) is 49.2 Å². The highest BCUT2D eigenvalue weighted by Gasteiger charge is 2.41. The molecule has 0 saturated carbocycles. The van der Waals surface area contributed by atoms with E-state index in [1.54, 1.807) is 63.3 Å². The van der Waals surface area contributed by atoms with Crippen molar-refractivity contribution in [1.29, 1.82) is 0 Å². The highest BCUT2D eigenvalue weighted by atomic mass is 31.2. The number of halogens is 2. The Hall–Kier alpha value is -6.16. The molecule has 0 aliphatic carbocycles. The minimum atomic E-state index is -3.84. The smallest absolute Gasteiger partial charge is 0.342 e. The molecular weight excluding hydrogens is 957 g/mol. The molecule has 0 radical (unpaired) electrons. The number of anilines is 2. The molecule has 26 heteroatoms. The van der Waals surface area contributed by atoms with Crippen LogP contribution < -0.4 is 30.7 Å². The molecular formula is C44H60F2N12O10P2. The monoisotopic (exact) mass is 1020 g/mol. The molecule has 4 atom stereocenters. The van der Waals surface area contributed by atoms with Gasteiger partial charge in [0, 0.05) is 0 Å². The summed E-state index contributed by atoms with van der Waals surface area (Å²) >= 11 is 0. The van der Waals surface area contributed by atoms with Gasteiger partial charge < -0.3 is 48.6 Å². The van der Waals surface area contributed by atoms with E-state index in [0.29, 0.717) is 35.4 Å². The van der Waals surface area contributed by atoms with Crippen molar-refractivity contribution in [2.24, 2.45) is 0 Å². The van der Waals surface area contributed by atoms with Crippen LogP contribution >= 0.6 is 15.0 Å². The molecule has 6 N–H and O–H groups in total. The molecule has 0 bridgehead atoms. The van der Waals surface area contributed by atoms with Crippen LogP contribution in [0.15, 0.2) is 73.8 Å². The average Bonchev–Trinajstić information content (AvgIpc) is 3.88. The fraction of sp³-hybridized carbons (Fsp3) is 0.455. The van der Waals surface area contributed by atoms with Crippen molar-refractivity contribution in [3.63, 3.8) is 0 Å². The molecule has 70 heavy (non-hydrogen) atoms. The minimum absolute atomic E-state index is 0.152. The Kier molecular flexibility index (Phi) is 18.1. The van der Waals surface area contributed by atoms with Crippen LogP contribution in [0.25, 0.3) is 22.3 Å². The first-order valence-electron chi connectivity index (χ1n) is 21.9. The Bertz CT molecular complexity index is 2620. The largest absolute Gasteiger partial charge is 0.462 e. The highest BCUT2D eigenvalue weighted by Crippen LogP contribution is 2.47. The van der Waals surface area contributed by atoms with Crippen LogP contribution in [-0.2, 0) is 50.8 Å². The Morgan fingerprint density at radius 2 is 0.943 bits per heavy atom. The Labute approximate surface area is 403 Å². The van der Waals surface area contributed by atoms with Gasteiger partial charge in [0.1, 0.15) is 70.6 Å². The normalized spacial score (nSPS) is 14.6. The fourth-order valence-electron chi connectivity index (χ4n) is 6.34. The van der Waals surface area contributed by atoms with Crippen molar-refractivity contribution >= 4 is 60.9 Å². The van der Waals surface area contributed by atoms with E-state index in [0.717, 1.165) is 0 Å². The van der Waals surface area contributed by atoms with E-state index in [1.165, 1.54) is 88.9 Å². The number of carbonyl (C=O) groups excluding carboxylic acids is 2. The van der Waals surface area contributed by atoms with E-state index in [1.807, 2.05) is 0 Å². The lowest BCUT2D eigenvalue weighted by molar-refractivity contribution is -0.154. The predicted molar refractivity (Wildman–Crippen MR) is 256 cm³/mol. The summed E-state index contributed by atoms with van der Waals surface area (Å²) in [6.07, 6.45) is 3.41. The van der Waals surface area contributed by atoms with Gasteiger partial charge >= 0.3 is 27.0 Å². The van der Waals surface area contributed by atoms with Crippen molar-refractivity contribution in [2.45, 2.75) is 118 Å². The Balaban J connectivity index is 0.000000261. The van der Waals surface area contributed by atoms with Crippen LogP contribution in [0.1, 0.15) is 69.2 Å². The van der Waals surface area contributed by atoms with Crippen molar-refractivity contribution < 1.29 is 55.5 Å². The van der Waals surface area contributed by atoms with Crippen molar-refractivity contribution in [3.05, 3.63) is 85.5 Å². The van der Waals surface area contributed by atoms with Crippen LogP contribution in [0.5, 0.6) is 11.5 Å². The van der Waals surface area contributed by atoms with E-state index in [2.05, 4.69) is 40.1 Å². The zero-order chi connectivity index (χ0) is 51.6. The van der Waals surface area contributed by atoms with Gasteiger partial charge in [0.05, 0.1) is 50.2 Å². The van der Waals surface area contributed by atoms with E-state index in [9.17, 15) is 27.5 Å². The van der Waals surface area contributed by atoms with Crippen LogP contribution in [0.3, 0.4) is 0 Å². The van der Waals surface area contributed by atoms with E-state index in [-0.39, 0.29) is 48.0 Å². The zero-order valence-corrected chi connectivity index (χ0v) is 42.3. The molecule has 6 rings (SSSR count). The molecule has 0 aliphatic rings. The molecule has 0 spiro atoms. The highest BCUT2D eigenvalue weighted by molar-refractivity contribution is 7.57. The summed E-state index contributed by atoms with van der Waals surface area (Å²) in [5.41, 5.74) is 11.0. The lowest BCUT2D eigenvalue weighted by Gasteiger charge is -2.31. The first-order chi connectivity index (χ1) is 32.8. The quantitative estimate of drug-likeness (QED) is 0.0393. The van der Waals surface area contributed by atoms with E-state index in [4.69, 9.17) is 39.5 Å². The molecule has 4 aromatic heterocycles. The molecule has 0 fully saturated rings. The number of ether oxygens (including phenoxy) is 4. The lowest BCUT2D eigenvalue weighted by atomic mass is 10.1. The molecule has 1 unspecified atom stereocenters. The number of nitrogens with zero attached hydrogens (tertiary/aromatic N) is 8. The first-order valence-corrected chi connectivity index (χ1v) is 25.5. The number of nitrogen functional groups attached to an aromatic ring is 2. The molecule has 22 nitrogen and oxygen atoms in total. The summed E-state index contributed by atoms with van der Waals surface area (Å²) in [4.78, 5) is 49.8. The number of aromatic nitrogens is 8. The third-order valence-corrected chi connectivity index (χ3v) is 13.4. The Morgan fingerprint density at radius 1 is 0.600 bits per heavy atom. The van der Waals surface area contributed by atoms with Gasteiger partial charge in [-0.1, -0.05) is 0 Å². The van der Waals surface area contributed by atoms with E-state index >= 15 is 0 Å². The van der Waals surface area contributed by atoms with Gasteiger partial charge in [-0.3, -0.25) is 18.7 Å². The number of esters is 2. The minimum Gasteiger partial charge on any atom is -0.462 e. The second-order valence-electron chi connectivity index (χ2n) is 17.7. The second kappa shape index (κ2) is 23.2. The van der Waals surface area contributed by atoms with Gasteiger partial charge in [0.2, 0.25) is 0 Å². The molecule has 2 aromatic carbocycles. The summed E-state index contributed by atoms with van der Waals surface area (Å²) < 4.78 is 91.5. The number of hydrogen-bond donors (Lipinski definition) is 4. The summed E-state index contributed by atoms with van der Waals surface area (Å²) in [7, 11) is -7.68. The molecule has 380 valence electrons. The van der Waals surface area contributed by atoms with Gasteiger partial charge in [-0.05, 0) is 118 Å². The average molecular weight is 1020 g/mol. The molecule has 6 aromatic rings. The first kappa shape index (κ1) is 54.8. The van der Waals surface area contributed by atoms with Crippen molar-refractivity contribution in [2.75, 3.05) is 24.2 Å². The molecule has 0 aliphatic heterocycles. The SMILES string of the molecule is CC(C)OC(=O)C(C)(C)NP(=O)(CO[C@H](C)Cn1cnc2c(N)ncnc21)Oc1ccc(F)cc1.CC(C)OC(=O)C(C)(C)N[P@](=O)(CO[C@H](C)Cn1cnc2c(N)ncnc21)Oc1ccc(F)cc1. The maximum absolute atomic E-state index is 13.8. The third-order valence-electron chi connectivity index (χ3n) is 9.56. The summed E-state index contributed by atoms with van der Waals surface area (Å²) in [6.45, 7) is 17.2. The van der Waals surface area contributed by atoms with Gasteiger partial charge in [-0.25, -0.2) is 48.9 Å².